The SMILES string of the molecule is O=C(O)c1ccc2c(c1)CCN2S(=O)(=O)c1cc[nH]c1. The van der Waals surface area contributed by atoms with E-state index in [2.05, 4.69) is 4.98 Å². The number of hydrogen-bond acceptors (Lipinski definition) is 3. The van der Waals surface area contributed by atoms with Gasteiger partial charge in [-0.25, -0.2) is 13.2 Å². The van der Waals surface area contributed by atoms with Crippen LogP contribution in [0.1, 0.15) is 15.9 Å². The summed E-state index contributed by atoms with van der Waals surface area (Å²) in [5, 5.41) is 8.96. The normalized spacial score (nSPS) is 14.3. The number of carbonyl (C=O) groups is 1. The van der Waals surface area contributed by atoms with Gasteiger partial charge in [0.25, 0.3) is 10.0 Å². The van der Waals surface area contributed by atoms with E-state index < -0.39 is 16.0 Å². The summed E-state index contributed by atoms with van der Waals surface area (Å²) in [5.41, 5.74) is 1.46. The molecule has 7 heteroatoms. The lowest BCUT2D eigenvalue weighted by atomic mass is 10.1. The summed E-state index contributed by atoms with van der Waals surface area (Å²) in [5.74, 6) is -1.01. The first kappa shape index (κ1) is 12.7. The van der Waals surface area contributed by atoms with Crippen LogP contribution in [-0.4, -0.2) is 31.0 Å². The van der Waals surface area contributed by atoms with E-state index in [1.54, 1.807) is 12.3 Å². The van der Waals surface area contributed by atoms with Crippen LogP contribution >= 0.6 is 0 Å². The van der Waals surface area contributed by atoms with E-state index in [0.29, 0.717) is 18.7 Å². The maximum absolute atomic E-state index is 12.5. The Morgan fingerprint density at radius 1 is 1.30 bits per heavy atom. The lowest BCUT2D eigenvalue weighted by Crippen LogP contribution is -2.28. The highest BCUT2D eigenvalue weighted by atomic mass is 32.2. The van der Waals surface area contributed by atoms with Gasteiger partial charge in [-0.15, -0.1) is 0 Å². The number of aromatic carboxylic acids is 1. The van der Waals surface area contributed by atoms with Crippen molar-refractivity contribution in [1.82, 2.24) is 4.98 Å². The zero-order chi connectivity index (χ0) is 14.3. The number of nitrogens with one attached hydrogen (secondary N) is 1. The van der Waals surface area contributed by atoms with Crippen molar-refractivity contribution in [3.05, 3.63) is 47.8 Å². The number of hydrogen-bond donors (Lipinski definition) is 2. The van der Waals surface area contributed by atoms with Gasteiger partial charge in [-0.05, 0) is 36.2 Å². The first-order chi connectivity index (χ1) is 9.50. The molecule has 2 heterocycles. The van der Waals surface area contributed by atoms with Crippen LogP contribution in [0, 0.1) is 0 Å². The van der Waals surface area contributed by atoms with E-state index in [9.17, 15) is 13.2 Å². The number of H-pyrrole nitrogens is 1. The van der Waals surface area contributed by atoms with E-state index in [1.807, 2.05) is 0 Å². The minimum Gasteiger partial charge on any atom is -0.478 e. The van der Waals surface area contributed by atoms with Gasteiger partial charge in [0.2, 0.25) is 0 Å². The van der Waals surface area contributed by atoms with Crippen molar-refractivity contribution in [3.63, 3.8) is 0 Å². The number of benzene rings is 1. The number of carboxylic acid groups (broad SMARTS) is 1. The third-order valence-corrected chi connectivity index (χ3v) is 5.15. The molecule has 20 heavy (non-hydrogen) atoms. The molecule has 104 valence electrons. The topological polar surface area (TPSA) is 90.5 Å². The van der Waals surface area contributed by atoms with Gasteiger partial charge in [0.15, 0.2) is 0 Å². The van der Waals surface area contributed by atoms with Crippen LogP contribution < -0.4 is 4.31 Å². The van der Waals surface area contributed by atoms with Crippen LogP contribution in [0.3, 0.4) is 0 Å². The molecule has 3 rings (SSSR count). The minimum absolute atomic E-state index is 0.171. The van der Waals surface area contributed by atoms with Crippen LogP contribution in [0.4, 0.5) is 5.69 Å². The zero-order valence-corrected chi connectivity index (χ0v) is 11.2. The molecule has 0 amide bonds. The molecular weight excluding hydrogens is 280 g/mol. The highest BCUT2D eigenvalue weighted by molar-refractivity contribution is 7.92. The van der Waals surface area contributed by atoms with Gasteiger partial charge in [0.05, 0.1) is 11.3 Å². The first-order valence-electron chi connectivity index (χ1n) is 6.02. The number of nitrogens with zero attached hydrogens (tertiary/aromatic N) is 1. The highest BCUT2D eigenvalue weighted by Gasteiger charge is 2.31. The van der Waals surface area contributed by atoms with E-state index >= 15 is 0 Å². The van der Waals surface area contributed by atoms with E-state index in [0.717, 1.165) is 5.56 Å². The number of aromatic amines is 1. The van der Waals surface area contributed by atoms with Crippen LogP contribution in [0.25, 0.3) is 0 Å². The van der Waals surface area contributed by atoms with Crippen molar-refractivity contribution in [3.8, 4) is 0 Å². The Bertz CT molecular complexity index is 766. The summed E-state index contributed by atoms with van der Waals surface area (Å²) in [6, 6.07) is 6.01. The standard InChI is InChI=1S/C13H12N2O4S/c16-13(17)10-1-2-12-9(7-10)4-6-15(12)20(18,19)11-3-5-14-8-11/h1-3,5,7-8,14H,4,6H2,(H,16,17). The smallest absolute Gasteiger partial charge is 0.335 e. The first-order valence-corrected chi connectivity index (χ1v) is 7.46. The van der Waals surface area contributed by atoms with Crippen molar-refractivity contribution < 1.29 is 18.3 Å². The Kier molecular flexibility index (Phi) is 2.79. The second kappa shape index (κ2) is 4.38. The van der Waals surface area contributed by atoms with Crippen LogP contribution in [0.5, 0.6) is 0 Å². The lowest BCUT2D eigenvalue weighted by Gasteiger charge is -2.18. The summed E-state index contributed by atoms with van der Waals surface area (Å²) in [4.78, 5) is 13.9. The summed E-state index contributed by atoms with van der Waals surface area (Å²) in [7, 11) is -3.59. The minimum atomic E-state index is -3.59. The molecule has 1 aliphatic heterocycles. The van der Waals surface area contributed by atoms with Gasteiger partial charge in [0.1, 0.15) is 4.90 Å². The monoisotopic (exact) mass is 292 g/mol. The molecule has 1 aliphatic rings. The maximum Gasteiger partial charge on any atom is 0.335 e. The Hall–Kier alpha value is -2.28. The predicted molar refractivity (Wildman–Crippen MR) is 72.4 cm³/mol. The molecule has 0 saturated carbocycles. The van der Waals surface area contributed by atoms with Gasteiger partial charge in [-0.2, -0.15) is 0 Å². The number of sulfonamides is 1. The van der Waals surface area contributed by atoms with E-state index in [-0.39, 0.29) is 10.5 Å². The molecular formula is C13H12N2O4S. The number of aromatic nitrogens is 1. The molecule has 0 spiro atoms. The van der Waals surface area contributed by atoms with Crippen LogP contribution in [0.2, 0.25) is 0 Å². The molecule has 2 aromatic rings. The Balaban J connectivity index is 2.04. The van der Waals surface area contributed by atoms with Crippen molar-refractivity contribution in [2.75, 3.05) is 10.8 Å². The van der Waals surface area contributed by atoms with Crippen molar-refractivity contribution >= 4 is 21.7 Å². The third-order valence-electron chi connectivity index (χ3n) is 3.34. The molecule has 0 aliphatic carbocycles. The number of rotatable bonds is 3. The van der Waals surface area contributed by atoms with Crippen LogP contribution in [-0.2, 0) is 16.4 Å². The molecule has 2 N–H and O–H groups in total. The molecule has 0 saturated heterocycles. The van der Waals surface area contributed by atoms with Crippen LogP contribution in [0.15, 0.2) is 41.6 Å². The summed E-state index contributed by atoms with van der Waals surface area (Å²) in [6.45, 7) is 0.325. The predicted octanol–water partition coefficient (Wildman–Crippen LogP) is 1.46. The van der Waals surface area contributed by atoms with Crippen molar-refractivity contribution in [2.24, 2.45) is 0 Å². The molecule has 1 aromatic carbocycles. The molecule has 6 nitrogen and oxygen atoms in total. The van der Waals surface area contributed by atoms with E-state index in [4.69, 9.17) is 5.11 Å². The third kappa shape index (κ3) is 1.87. The summed E-state index contributed by atoms with van der Waals surface area (Å²) < 4.78 is 26.3. The Morgan fingerprint density at radius 3 is 2.75 bits per heavy atom. The number of fused-ring (bicyclic) bond motifs is 1. The van der Waals surface area contributed by atoms with Gasteiger partial charge >= 0.3 is 5.97 Å². The van der Waals surface area contributed by atoms with Gasteiger partial charge in [-0.1, -0.05) is 0 Å². The summed E-state index contributed by atoms with van der Waals surface area (Å²) >= 11 is 0. The molecule has 0 atom stereocenters. The van der Waals surface area contributed by atoms with E-state index in [1.165, 1.54) is 28.7 Å². The maximum atomic E-state index is 12.5. The van der Waals surface area contributed by atoms with Gasteiger partial charge in [-0.3, -0.25) is 4.31 Å². The quantitative estimate of drug-likeness (QED) is 0.896. The fraction of sp³-hybridized carbons (Fsp3) is 0.154. The molecule has 0 bridgehead atoms. The average molecular weight is 292 g/mol. The lowest BCUT2D eigenvalue weighted by molar-refractivity contribution is 0.0697. The molecule has 0 radical (unpaired) electrons. The Labute approximate surface area is 115 Å². The van der Waals surface area contributed by atoms with Crippen molar-refractivity contribution in [1.29, 1.82) is 0 Å². The number of anilines is 1. The second-order valence-electron chi connectivity index (χ2n) is 4.52. The molecule has 0 fully saturated rings. The molecule has 1 aromatic heterocycles. The molecule has 0 unspecified atom stereocenters. The average Bonchev–Trinajstić information content (AvgIpc) is 3.07. The highest BCUT2D eigenvalue weighted by Crippen LogP contribution is 2.33. The fourth-order valence-corrected chi connectivity index (χ4v) is 3.83. The zero-order valence-electron chi connectivity index (χ0n) is 10.4. The van der Waals surface area contributed by atoms with Gasteiger partial charge in [0, 0.05) is 18.9 Å². The van der Waals surface area contributed by atoms with Gasteiger partial charge < -0.3 is 10.1 Å². The largest absolute Gasteiger partial charge is 0.478 e. The fourth-order valence-electron chi connectivity index (χ4n) is 2.35. The Morgan fingerprint density at radius 2 is 2.10 bits per heavy atom. The van der Waals surface area contributed by atoms with Crippen molar-refractivity contribution in [2.45, 2.75) is 11.3 Å². The number of carboxylic acids is 1. The summed E-state index contributed by atoms with van der Waals surface area (Å²) in [6.07, 6.45) is 3.50. The second-order valence-corrected chi connectivity index (χ2v) is 6.38.